The number of hydrogen-bond donors (Lipinski definition) is 0. The standard InChI is InChI=1S/C28H35N3O2/c32-26(23-10-6-11-23)31(20-22-9-7-17-29-19-22)25-14-8-18-30(21-25)27(33)28(15-4-5-16-28)24-12-2-1-3-13-24/h1-3,7,9,12-13,17,19,23,25H,4-6,8,10-11,14-16,18,20-21H2. The number of carbonyl (C=O) groups is 2. The van der Waals surface area contributed by atoms with Gasteiger partial charge < -0.3 is 9.80 Å². The van der Waals surface area contributed by atoms with E-state index in [2.05, 4.69) is 39.0 Å². The average molecular weight is 446 g/mol. The third-order valence-electron chi connectivity index (χ3n) is 8.13. The molecule has 3 aliphatic rings. The van der Waals surface area contributed by atoms with Gasteiger partial charge in [0.25, 0.3) is 0 Å². The molecule has 0 spiro atoms. The van der Waals surface area contributed by atoms with Gasteiger partial charge >= 0.3 is 0 Å². The van der Waals surface area contributed by atoms with Crippen molar-refractivity contribution in [2.24, 2.45) is 5.92 Å². The highest BCUT2D eigenvalue weighted by molar-refractivity contribution is 5.89. The number of pyridine rings is 1. The number of aromatic nitrogens is 1. The molecule has 1 aliphatic heterocycles. The van der Waals surface area contributed by atoms with Crippen molar-refractivity contribution in [1.29, 1.82) is 0 Å². The van der Waals surface area contributed by atoms with Gasteiger partial charge in [-0.05, 0) is 55.7 Å². The van der Waals surface area contributed by atoms with Gasteiger partial charge in [0.05, 0.1) is 5.41 Å². The maximum Gasteiger partial charge on any atom is 0.233 e. The fourth-order valence-corrected chi connectivity index (χ4v) is 6.02. The Morgan fingerprint density at radius 2 is 1.76 bits per heavy atom. The van der Waals surface area contributed by atoms with Gasteiger partial charge in [0, 0.05) is 44.0 Å². The van der Waals surface area contributed by atoms with Crippen molar-refractivity contribution >= 4 is 11.8 Å². The van der Waals surface area contributed by atoms with Crippen LogP contribution >= 0.6 is 0 Å². The van der Waals surface area contributed by atoms with Gasteiger partial charge in [0.1, 0.15) is 0 Å². The lowest BCUT2D eigenvalue weighted by molar-refractivity contribution is -0.147. The van der Waals surface area contributed by atoms with Crippen molar-refractivity contribution in [1.82, 2.24) is 14.8 Å². The molecule has 5 rings (SSSR count). The normalized spacial score (nSPS) is 22.5. The molecule has 0 bridgehead atoms. The molecule has 1 atom stereocenters. The van der Waals surface area contributed by atoms with Gasteiger partial charge in [0.2, 0.25) is 11.8 Å². The lowest BCUT2D eigenvalue weighted by atomic mass is 9.77. The molecule has 174 valence electrons. The molecule has 1 aromatic carbocycles. The second kappa shape index (κ2) is 9.66. The first-order chi connectivity index (χ1) is 16.2. The fourth-order valence-electron chi connectivity index (χ4n) is 6.02. The zero-order valence-corrected chi connectivity index (χ0v) is 19.5. The number of hydrogen-bond acceptors (Lipinski definition) is 3. The molecule has 5 heteroatoms. The average Bonchev–Trinajstić information content (AvgIpc) is 3.33. The van der Waals surface area contributed by atoms with Crippen LogP contribution in [0.4, 0.5) is 0 Å². The Kier molecular flexibility index (Phi) is 6.48. The minimum atomic E-state index is -0.394. The number of benzene rings is 1. The van der Waals surface area contributed by atoms with Crippen LogP contribution < -0.4 is 0 Å². The van der Waals surface area contributed by atoms with Crippen LogP contribution in [0.25, 0.3) is 0 Å². The van der Waals surface area contributed by atoms with Gasteiger partial charge in [-0.15, -0.1) is 0 Å². The van der Waals surface area contributed by atoms with Crippen molar-refractivity contribution in [2.75, 3.05) is 13.1 Å². The van der Waals surface area contributed by atoms with Gasteiger partial charge in [-0.1, -0.05) is 55.7 Å². The fraction of sp³-hybridized carbons (Fsp3) is 0.536. The summed E-state index contributed by atoms with van der Waals surface area (Å²) in [5, 5.41) is 0. The maximum atomic E-state index is 14.0. The topological polar surface area (TPSA) is 53.5 Å². The minimum absolute atomic E-state index is 0.0743. The Morgan fingerprint density at radius 1 is 0.970 bits per heavy atom. The van der Waals surface area contributed by atoms with E-state index >= 15 is 0 Å². The van der Waals surface area contributed by atoms with Gasteiger partial charge in [-0.3, -0.25) is 14.6 Å². The summed E-state index contributed by atoms with van der Waals surface area (Å²) in [5.41, 5.74) is 1.83. The molecule has 2 amide bonds. The van der Waals surface area contributed by atoms with E-state index in [0.717, 1.165) is 75.5 Å². The van der Waals surface area contributed by atoms with Crippen molar-refractivity contribution in [3.05, 3.63) is 66.0 Å². The van der Waals surface area contributed by atoms with E-state index in [0.29, 0.717) is 13.1 Å². The summed E-state index contributed by atoms with van der Waals surface area (Å²) < 4.78 is 0. The second-order valence-electron chi connectivity index (χ2n) is 10.2. The molecule has 2 heterocycles. The van der Waals surface area contributed by atoms with E-state index in [-0.39, 0.29) is 23.8 Å². The van der Waals surface area contributed by atoms with Crippen LogP contribution in [0.2, 0.25) is 0 Å². The van der Waals surface area contributed by atoms with E-state index in [4.69, 9.17) is 0 Å². The number of likely N-dealkylation sites (tertiary alicyclic amines) is 1. The molecule has 1 aromatic heterocycles. The van der Waals surface area contributed by atoms with Crippen LogP contribution in [0.5, 0.6) is 0 Å². The molecule has 1 unspecified atom stereocenters. The summed E-state index contributed by atoms with van der Waals surface area (Å²) in [6.07, 6.45) is 12.7. The number of piperidine rings is 1. The van der Waals surface area contributed by atoms with E-state index in [1.807, 2.05) is 24.4 Å². The first-order valence-corrected chi connectivity index (χ1v) is 12.7. The lowest BCUT2D eigenvalue weighted by Gasteiger charge is -2.44. The molecule has 5 nitrogen and oxygen atoms in total. The summed E-state index contributed by atoms with van der Waals surface area (Å²) in [4.78, 5) is 35.9. The molecule has 3 fully saturated rings. The van der Waals surface area contributed by atoms with Gasteiger partial charge in [-0.25, -0.2) is 0 Å². The number of rotatable bonds is 6. The predicted octanol–water partition coefficient (Wildman–Crippen LogP) is 4.71. The van der Waals surface area contributed by atoms with E-state index in [1.54, 1.807) is 6.20 Å². The van der Waals surface area contributed by atoms with Crippen molar-refractivity contribution < 1.29 is 9.59 Å². The smallest absolute Gasteiger partial charge is 0.233 e. The third kappa shape index (κ3) is 4.42. The maximum absolute atomic E-state index is 14.0. The van der Waals surface area contributed by atoms with Gasteiger partial charge in [-0.2, -0.15) is 0 Å². The number of amides is 2. The van der Waals surface area contributed by atoms with E-state index in [1.165, 1.54) is 0 Å². The Hall–Kier alpha value is -2.69. The zero-order chi connectivity index (χ0) is 22.7. The van der Waals surface area contributed by atoms with Crippen LogP contribution in [0.1, 0.15) is 68.9 Å². The SMILES string of the molecule is O=C(C1CCC1)N(Cc1cccnc1)C1CCCN(C(=O)C2(c3ccccc3)CCCC2)C1. The third-order valence-corrected chi connectivity index (χ3v) is 8.13. The first-order valence-electron chi connectivity index (χ1n) is 12.7. The van der Waals surface area contributed by atoms with Crippen molar-refractivity contribution in [3.8, 4) is 0 Å². The summed E-state index contributed by atoms with van der Waals surface area (Å²) in [6, 6.07) is 14.4. The summed E-state index contributed by atoms with van der Waals surface area (Å²) in [5.74, 6) is 0.689. The highest BCUT2D eigenvalue weighted by atomic mass is 16.2. The molecule has 0 N–H and O–H groups in total. The van der Waals surface area contributed by atoms with Crippen LogP contribution in [-0.4, -0.2) is 45.7 Å². The van der Waals surface area contributed by atoms with Crippen LogP contribution in [0.15, 0.2) is 54.9 Å². The highest BCUT2D eigenvalue weighted by Crippen LogP contribution is 2.43. The summed E-state index contributed by atoms with van der Waals surface area (Å²) >= 11 is 0. The molecule has 2 aliphatic carbocycles. The van der Waals surface area contributed by atoms with Gasteiger partial charge in [0.15, 0.2) is 0 Å². The highest BCUT2D eigenvalue weighted by Gasteiger charge is 2.46. The molecular weight excluding hydrogens is 410 g/mol. The molecule has 1 saturated heterocycles. The summed E-state index contributed by atoms with van der Waals surface area (Å²) in [6.45, 7) is 2.02. The van der Waals surface area contributed by atoms with E-state index in [9.17, 15) is 9.59 Å². The van der Waals surface area contributed by atoms with Crippen LogP contribution in [-0.2, 0) is 21.5 Å². The summed E-state index contributed by atoms with van der Waals surface area (Å²) in [7, 11) is 0. The van der Waals surface area contributed by atoms with Crippen LogP contribution in [0.3, 0.4) is 0 Å². The monoisotopic (exact) mass is 445 g/mol. The number of carbonyl (C=O) groups excluding carboxylic acids is 2. The van der Waals surface area contributed by atoms with Crippen LogP contribution in [0, 0.1) is 5.92 Å². The molecule has 33 heavy (non-hydrogen) atoms. The Balaban J connectivity index is 1.37. The lowest BCUT2D eigenvalue weighted by Crippen LogP contribution is -2.56. The first kappa shape index (κ1) is 22.1. The minimum Gasteiger partial charge on any atom is -0.340 e. The molecule has 0 radical (unpaired) electrons. The Bertz CT molecular complexity index is 952. The molecule has 2 aromatic rings. The quantitative estimate of drug-likeness (QED) is 0.647. The zero-order valence-electron chi connectivity index (χ0n) is 19.5. The molecular formula is C28H35N3O2. The predicted molar refractivity (Wildman–Crippen MR) is 128 cm³/mol. The Morgan fingerprint density at radius 3 is 2.42 bits per heavy atom. The second-order valence-corrected chi connectivity index (χ2v) is 10.2. The van der Waals surface area contributed by atoms with Crippen molar-refractivity contribution in [3.63, 3.8) is 0 Å². The number of nitrogens with zero attached hydrogens (tertiary/aromatic N) is 3. The van der Waals surface area contributed by atoms with Crippen molar-refractivity contribution in [2.45, 2.75) is 75.8 Å². The Labute approximate surface area is 197 Å². The molecule has 2 saturated carbocycles. The largest absolute Gasteiger partial charge is 0.340 e. The van der Waals surface area contributed by atoms with E-state index < -0.39 is 5.41 Å².